The average molecular weight is 183 g/mol. The molecule has 0 aliphatic rings. The zero-order valence-electron chi connectivity index (χ0n) is 8.50. The first-order valence-corrected chi connectivity index (χ1v) is 4.52. The predicted octanol–water partition coefficient (Wildman–Crippen LogP) is 0.356. The molecule has 0 aromatic heterocycles. The van der Waals surface area contributed by atoms with Gasteiger partial charge < -0.3 is 4.90 Å². The van der Waals surface area contributed by atoms with E-state index >= 15 is 0 Å². The molecule has 4 heteroatoms. The third-order valence-corrected chi connectivity index (χ3v) is 1.96. The summed E-state index contributed by atoms with van der Waals surface area (Å²) in [4.78, 5) is 12.9. The molecule has 74 valence electrons. The van der Waals surface area contributed by atoms with E-state index in [9.17, 15) is 4.79 Å². The quantitative estimate of drug-likeness (QED) is 0.669. The molecule has 1 N–H and O–H groups in total. The van der Waals surface area contributed by atoms with Gasteiger partial charge in [-0.1, -0.05) is 6.92 Å². The minimum Gasteiger partial charge on any atom is -0.345 e. The molecule has 1 unspecified atom stereocenters. The van der Waals surface area contributed by atoms with Crippen molar-refractivity contribution in [2.24, 2.45) is 0 Å². The van der Waals surface area contributed by atoms with E-state index in [4.69, 9.17) is 5.26 Å². The highest BCUT2D eigenvalue weighted by molar-refractivity contribution is 5.77. The highest BCUT2D eigenvalue weighted by Gasteiger charge is 2.09. The highest BCUT2D eigenvalue weighted by Crippen LogP contribution is 1.88. The minimum absolute atomic E-state index is 0.0243. The zero-order chi connectivity index (χ0) is 10.3. The standard InChI is InChI=1S/C9H17N3O/c1-4-8(6-10)11-7-9(13)12(3)5-2/h8,11H,4-5,7H2,1-3H3. The van der Waals surface area contributed by atoms with Gasteiger partial charge in [0, 0.05) is 13.6 Å². The van der Waals surface area contributed by atoms with E-state index in [0.29, 0.717) is 6.54 Å². The number of amides is 1. The highest BCUT2D eigenvalue weighted by atomic mass is 16.2. The second-order valence-electron chi connectivity index (χ2n) is 2.88. The summed E-state index contributed by atoms with van der Waals surface area (Å²) in [6, 6.07) is 1.87. The van der Waals surface area contributed by atoms with Gasteiger partial charge in [0.25, 0.3) is 0 Å². The topological polar surface area (TPSA) is 56.1 Å². The predicted molar refractivity (Wildman–Crippen MR) is 51.0 cm³/mol. The lowest BCUT2D eigenvalue weighted by atomic mass is 10.2. The maximum atomic E-state index is 11.3. The van der Waals surface area contributed by atoms with Crippen LogP contribution in [-0.4, -0.2) is 37.0 Å². The summed E-state index contributed by atoms with van der Waals surface area (Å²) in [5.41, 5.74) is 0. The first-order valence-electron chi connectivity index (χ1n) is 4.52. The molecule has 0 rings (SSSR count). The van der Waals surface area contributed by atoms with Crippen LogP contribution in [0.5, 0.6) is 0 Å². The smallest absolute Gasteiger partial charge is 0.236 e. The molecule has 0 saturated heterocycles. The van der Waals surface area contributed by atoms with Crippen LogP contribution >= 0.6 is 0 Å². The van der Waals surface area contributed by atoms with Gasteiger partial charge in [0.1, 0.15) is 0 Å². The first-order chi connectivity index (χ1) is 6.15. The summed E-state index contributed by atoms with van der Waals surface area (Å²) in [5.74, 6) is 0.0243. The fourth-order valence-corrected chi connectivity index (χ4v) is 0.803. The average Bonchev–Trinajstić information content (AvgIpc) is 2.17. The van der Waals surface area contributed by atoms with E-state index in [-0.39, 0.29) is 18.5 Å². The molecule has 0 aromatic rings. The van der Waals surface area contributed by atoms with Crippen molar-refractivity contribution in [2.45, 2.75) is 26.3 Å². The molecule has 0 spiro atoms. The van der Waals surface area contributed by atoms with Gasteiger partial charge in [-0.3, -0.25) is 10.1 Å². The summed E-state index contributed by atoms with van der Waals surface area (Å²) in [5, 5.41) is 11.5. The van der Waals surface area contributed by atoms with Crippen LogP contribution in [0.15, 0.2) is 0 Å². The molecular formula is C9H17N3O. The largest absolute Gasteiger partial charge is 0.345 e. The normalized spacial score (nSPS) is 11.8. The third kappa shape index (κ3) is 4.48. The van der Waals surface area contributed by atoms with Gasteiger partial charge in [0.15, 0.2) is 0 Å². The molecule has 0 aromatic carbocycles. The van der Waals surface area contributed by atoms with Crippen LogP contribution < -0.4 is 5.32 Å². The number of hydrogen-bond acceptors (Lipinski definition) is 3. The van der Waals surface area contributed by atoms with Crippen molar-refractivity contribution in [3.63, 3.8) is 0 Å². The van der Waals surface area contributed by atoms with Gasteiger partial charge in [0.2, 0.25) is 5.91 Å². The third-order valence-electron chi connectivity index (χ3n) is 1.96. The van der Waals surface area contributed by atoms with Crippen LogP contribution in [0, 0.1) is 11.3 Å². The van der Waals surface area contributed by atoms with Gasteiger partial charge in [-0.05, 0) is 13.3 Å². The Morgan fingerprint density at radius 3 is 2.62 bits per heavy atom. The number of nitriles is 1. The van der Waals surface area contributed by atoms with Crippen LogP contribution in [0.3, 0.4) is 0 Å². The maximum Gasteiger partial charge on any atom is 0.236 e. The molecule has 0 bridgehead atoms. The van der Waals surface area contributed by atoms with Gasteiger partial charge >= 0.3 is 0 Å². The molecule has 13 heavy (non-hydrogen) atoms. The van der Waals surface area contributed by atoms with Gasteiger partial charge in [-0.15, -0.1) is 0 Å². The number of nitrogens with one attached hydrogen (secondary N) is 1. The van der Waals surface area contributed by atoms with Crippen LogP contribution in [-0.2, 0) is 4.79 Å². The number of hydrogen-bond donors (Lipinski definition) is 1. The Bertz CT molecular complexity index is 198. The van der Waals surface area contributed by atoms with E-state index in [0.717, 1.165) is 6.42 Å². The molecule has 4 nitrogen and oxygen atoms in total. The first kappa shape index (κ1) is 11.9. The maximum absolute atomic E-state index is 11.3. The second kappa shape index (κ2) is 6.44. The molecule has 0 saturated carbocycles. The SMILES string of the molecule is CCC(C#N)NCC(=O)N(C)CC. The number of rotatable bonds is 5. The van der Waals surface area contributed by atoms with Crippen LogP contribution in [0.1, 0.15) is 20.3 Å². The van der Waals surface area contributed by atoms with Crippen molar-refractivity contribution < 1.29 is 4.79 Å². The van der Waals surface area contributed by atoms with Crippen LogP contribution in [0.25, 0.3) is 0 Å². The van der Waals surface area contributed by atoms with Crippen molar-refractivity contribution in [3.8, 4) is 6.07 Å². The number of carbonyl (C=O) groups is 1. The van der Waals surface area contributed by atoms with Crippen LogP contribution in [0.2, 0.25) is 0 Å². The molecular weight excluding hydrogens is 166 g/mol. The molecule has 1 atom stereocenters. The number of nitrogens with zero attached hydrogens (tertiary/aromatic N) is 2. The van der Waals surface area contributed by atoms with E-state index in [1.807, 2.05) is 13.8 Å². The lowest BCUT2D eigenvalue weighted by Crippen LogP contribution is -2.39. The molecule has 0 fully saturated rings. The van der Waals surface area contributed by atoms with Gasteiger partial charge in [-0.2, -0.15) is 5.26 Å². The second-order valence-corrected chi connectivity index (χ2v) is 2.88. The Morgan fingerprint density at radius 2 is 2.23 bits per heavy atom. The fraction of sp³-hybridized carbons (Fsp3) is 0.778. The summed E-state index contributed by atoms with van der Waals surface area (Å²) < 4.78 is 0. The Morgan fingerprint density at radius 1 is 1.62 bits per heavy atom. The summed E-state index contributed by atoms with van der Waals surface area (Å²) in [7, 11) is 1.75. The van der Waals surface area contributed by atoms with Crippen molar-refractivity contribution in [1.82, 2.24) is 10.2 Å². The van der Waals surface area contributed by atoms with Crippen LogP contribution in [0.4, 0.5) is 0 Å². The lowest BCUT2D eigenvalue weighted by molar-refractivity contribution is -0.128. The summed E-state index contributed by atoms with van der Waals surface area (Å²) in [6.45, 7) is 4.77. The lowest BCUT2D eigenvalue weighted by Gasteiger charge is -2.15. The Hall–Kier alpha value is -1.08. The van der Waals surface area contributed by atoms with E-state index in [1.54, 1.807) is 11.9 Å². The Balaban J connectivity index is 3.76. The van der Waals surface area contributed by atoms with Crippen molar-refractivity contribution in [2.75, 3.05) is 20.1 Å². The fourth-order valence-electron chi connectivity index (χ4n) is 0.803. The van der Waals surface area contributed by atoms with E-state index < -0.39 is 0 Å². The van der Waals surface area contributed by atoms with Crippen molar-refractivity contribution in [1.29, 1.82) is 5.26 Å². The zero-order valence-corrected chi connectivity index (χ0v) is 8.50. The van der Waals surface area contributed by atoms with E-state index in [1.165, 1.54) is 0 Å². The molecule has 0 aliphatic carbocycles. The number of carbonyl (C=O) groups excluding carboxylic acids is 1. The summed E-state index contributed by atoms with van der Waals surface area (Å²) in [6.07, 6.45) is 0.722. The van der Waals surface area contributed by atoms with Crippen molar-refractivity contribution in [3.05, 3.63) is 0 Å². The van der Waals surface area contributed by atoms with Crippen molar-refractivity contribution >= 4 is 5.91 Å². The van der Waals surface area contributed by atoms with E-state index in [2.05, 4.69) is 11.4 Å². The minimum atomic E-state index is -0.214. The molecule has 1 amide bonds. The molecule has 0 radical (unpaired) electrons. The van der Waals surface area contributed by atoms with Gasteiger partial charge in [-0.25, -0.2) is 0 Å². The Kier molecular flexibility index (Phi) is 5.90. The Labute approximate surface area is 79.5 Å². The monoisotopic (exact) mass is 183 g/mol. The molecule has 0 aliphatic heterocycles. The molecule has 0 heterocycles. The summed E-state index contributed by atoms with van der Waals surface area (Å²) >= 11 is 0. The number of likely N-dealkylation sites (N-methyl/N-ethyl adjacent to an activating group) is 1. The van der Waals surface area contributed by atoms with Gasteiger partial charge in [0.05, 0.1) is 18.7 Å².